The Kier molecular flexibility index (Phi) is 3.07. The van der Waals surface area contributed by atoms with Gasteiger partial charge < -0.3 is 5.73 Å². The van der Waals surface area contributed by atoms with Gasteiger partial charge in [0.25, 0.3) is 0 Å². The van der Waals surface area contributed by atoms with Gasteiger partial charge in [-0.05, 0) is 25.8 Å². The summed E-state index contributed by atoms with van der Waals surface area (Å²) in [5.41, 5.74) is 5.67. The molecule has 1 aliphatic carbocycles. The Labute approximate surface area is 119 Å². The van der Waals surface area contributed by atoms with Gasteiger partial charge in [-0.2, -0.15) is 13.2 Å². The number of nitrogen functional groups attached to an aromatic ring is 1. The highest BCUT2D eigenvalue weighted by molar-refractivity contribution is 5.70. The summed E-state index contributed by atoms with van der Waals surface area (Å²) in [6.07, 6.45) is -0.283. The molecule has 21 heavy (non-hydrogen) atoms. The van der Waals surface area contributed by atoms with E-state index in [0.717, 1.165) is 25.1 Å². The number of anilines is 1. The first-order valence-electron chi connectivity index (χ1n) is 6.53. The lowest BCUT2D eigenvalue weighted by atomic mass is 10.0. The molecule has 0 spiro atoms. The van der Waals surface area contributed by atoms with Crippen molar-refractivity contribution < 1.29 is 13.2 Å². The van der Waals surface area contributed by atoms with Gasteiger partial charge in [-0.3, -0.25) is 4.98 Å². The first kappa shape index (κ1) is 13.8. The van der Waals surface area contributed by atoms with Crippen LogP contribution in [0.5, 0.6) is 0 Å². The molecule has 7 heteroatoms. The number of hydrogen-bond acceptors (Lipinski definition) is 4. The second kappa shape index (κ2) is 4.68. The van der Waals surface area contributed by atoms with Crippen molar-refractivity contribution in [2.75, 3.05) is 5.73 Å². The normalized spacial score (nSPS) is 15.2. The van der Waals surface area contributed by atoms with Gasteiger partial charge in [-0.25, -0.2) is 9.97 Å². The number of aromatic nitrogens is 3. The maximum Gasteiger partial charge on any atom is 0.417 e. The molecular weight excluding hydrogens is 281 g/mol. The van der Waals surface area contributed by atoms with Crippen LogP contribution in [0.15, 0.2) is 18.5 Å². The van der Waals surface area contributed by atoms with E-state index in [0.29, 0.717) is 11.4 Å². The van der Waals surface area contributed by atoms with Crippen LogP contribution in [0.1, 0.15) is 35.7 Å². The summed E-state index contributed by atoms with van der Waals surface area (Å²) in [5.74, 6) is 0.946. The third-order valence-electron chi connectivity index (χ3n) is 3.52. The summed E-state index contributed by atoms with van der Waals surface area (Å²) < 4.78 is 39.4. The van der Waals surface area contributed by atoms with Gasteiger partial charge in [0, 0.05) is 29.4 Å². The van der Waals surface area contributed by atoms with E-state index >= 15 is 0 Å². The zero-order valence-corrected chi connectivity index (χ0v) is 11.3. The topological polar surface area (TPSA) is 64.7 Å². The van der Waals surface area contributed by atoms with Gasteiger partial charge in [0.15, 0.2) is 0 Å². The number of rotatable bonds is 2. The quantitative estimate of drug-likeness (QED) is 0.922. The zero-order valence-electron chi connectivity index (χ0n) is 11.3. The number of alkyl halides is 3. The average molecular weight is 294 g/mol. The number of pyridine rings is 1. The fourth-order valence-corrected chi connectivity index (χ4v) is 2.17. The molecule has 2 heterocycles. The van der Waals surface area contributed by atoms with Crippen LogP contribution in [0.25, 0.3) is 11.3 Å². The highest BCUT2D eigenvalue weighted by Gasteiger charge is 2.35. The third kappa shape index (κ3) is 2.55. The molecule has 2 aromatic heterocycles. The standard InChI is InChI=1S/C14H13F3N4/c1-7-11(20-13(8-2-3-8)21-12(7)18)9-6-19-5-4-10(9)14(15,16)17/h4-6,8H,2-3H2,1H3,(H2,18,20,21). The van der Waals surface area contributed by atoms with E-state index in [4.69, 9.17) is 5.73 Å². The lowest BCUT2D eigenvalue weighted by Crippen LogP contribution is -2.10. The lowest BCUT2D eigenvalue weighted by Gasteiger charge is -2.15. The molecule has 0 radical (unpaired) electrons. The van der Waals surface area contributed by atoms with Crippen molar-refractivity contribution in [3.63, 3.8) is 0 Å². The summed E-state index contributed by atoms with van der Waals surface area (Å²) >= 11 is 0. The van der Waals surface area contributed by atoms with Gasteiger partial charge in [0.1, 0.15) is 11.6 Å². The van der Waals surface area contributed by atoms with Crippen molar-refractivity contribution in [1.29, 1.82) is 0 Å². The van der Waals surface area contributed by atoms with Crippen molar-refractivity contribution in [2.24, 2.45) is 0 Å². The Hall–Kier alpha value is -2.18. The number of hydrogen-bond donors (Lipinski definition) is 1. The fraction of sp³-hybridized carbons (Fsp3) is 0.357. The molecule has 3 rings (SSSR count). The Bertz CT molecular complexity index is 693. The predicted molar refractivity (Wildman–Crippen MR) is 71.4 cm³/mol. The summed E-state index contributed by atoms with van der Waals surface area (Å²) in [7, 11) is 0. The maximum atomic E-state index is 13.1. The first-order valence-corrected chi connectivity index (χ1v) is 6.53. The molecule has 0 amide bonds. The fourth-order valence-electron chi connectivity index (χ4n) is 2.17. The second-order valence-corrected chi connectivity index (χ2v) is 5.13. The SMILES string of the molecule is Cc1c(N)nc(C2CC2)nc1-c1cnccc1C(F)(F)F. The first-order chi connectivity index (χ1) is 9.88. The molecular formula is C14H13F3N4. The zero-order chi connectivity index (χ0) is 15.2. The molecule has 0 saturated heterocycles. The Morgan fingerprint density at radius 2 is 1.95 bits per heavy atom. The van der Waals surface area contributed by atoms with E-state index in [9.17, 15) is 13.2 Å². The van der Waals surface area contributed by atoms with E-state index in [1.165, 1.54) is 6.20 Å². The minimum atomic E-state index is -4.47. The van der Waals surface area contributed by atoms with Crippen LogP contribution in [-0.2, 0) is 6.18 Å². The van der Waals surface area contributed by atoms with Crippen LogP contribution < -0.4 is 5.73 Å². The highest BCUT2D eigenvalue weighted by Crippen LogP contribution is 2.41. The second-order valence-electron chi connectivity index (χ2n) is 5.13. The van der Waals surface area contributed by atoms with Crippen molar-refractivity contribution in [3.8, 4) is 11.3 Å². The van der Waals surface area contributed by atoms with Crippen LogP contribution in [-0.4, -0.2) is 15.0 Å². The Morgan fingerprint density at radius 1 is 1.24 bits per heavy atom. The third-order valence-corrected chi connectivity index (χ3v) is 3.52. The minimum Gasteiger partial charge on any atom is -0.383 e. The van der Waals surface area contributed by atoms with E-state index in [2.05, 4.69) is 15.0 Å². The summed E-state index contributed by atoms with van der Waals surface area (Å²) in [5, 5.41) is 0. The molecule has 0 bridgehead atoms. The van der Waals surface area contributed by atoms with Gasteiger partial charge in [-0.15, -0.1) is 0 Å². The van der Waals surface area contributed by atoms with Crippen LogP contribution in [0, 0.1) is 6.92 Å². The molecule has 4 nitrogen and oxygen atoms in total. The van der Waals surface area contributed by atoms with E-state index in [-0.39, 0.29) is 23.0 Å². The molecule has 1 aliphatic rings. The molecule has 1 saturated carbocycles. The van der Waals surface area contributed by atoms with Crippen molar-refractivity contribution in [3.05, 3.63) is 35.4 Å². The van der Waals surface area contributed by atoms with Crippen molar-refractivity contribution >= 4 is 5.82 Å². The lowest BCUT2D eigenvalue weighted by molar-refractivity contribution is -0.137. The molecule has 0 aromatic carbocycles. The molecule has 2 N–H and O–H groups in total. The van der Waals surface area contributed by atoms with Gasteiger partial charge in [0.2, 0.25) is 0 Å². The predicted octanol–water partition coefficient (Wildman–Crippen LogP) is 3.33. The van der Waals surface area contributed by atoms with E-state index < -0.39 is 11.7 Å². The molecule has 0 unspecified atom stereocenters. The summed E-state index contributed by atoms with van der Waals surface area (Å²) in [6, 6.07) is 0.948. The highest BCUT2D eigenvalue weighted by atomic mass is 19.4. The van der Waals surface area contributed by atoms with Crippen molar-refractivity contribution in [2.45, 2.75) is 31.9 Å². The van der Waals surface area contributed by atoms with Crippen molar-refractivity contribution in [1.82, 2.24) is 15.0 Å². The average Bonchev–Trinajstić information content (AvgIpc) is 3.25. The smallest absolute Gasteiger partial charge is 0.383 e. The van der Waals surface area contributed by atoms with Gasteiger partial charge in [-0.1, -0.05) is 0 Å². The number of halogens is 3. The molecule has 1 fully saturated rings. The maximum absolute atomic E-state index is 13.1. The number of nitrogens with two attached hydrogens (primary N) is 1. The summed E-state index contributed by atoms with van der Waals surface area (Å²) in [4.78, 5) is 12.3. The van der Waals surface area contributed by atoms with Crippen LogP contribution >= 0.6 is 0 Å². The van der Waals surface area contributed by atoms with E-state index in [1.807, 2.05) is 0 Å². The van der Waals surface area contributed by atoms with Crippen LogP contribution in [0.2, 0.25) is 0 Å². The molecule has 0 aliphatic heterocycles. The number of nitrogens with zero attached hydrogens (tertiary/aromatic N) is 3. The van der Waals surface area contributed by atoms with E-state index in [1.54, 1.807) is 6.92 Å². The Morgan fingerprint density at radius 3 is 2.57 bits per heavy atom. The van der Waals surface area contributed by atoms with Gasteiger partial charge in [0.05, 0.1) is 11.3 Å². The monoisotopic (exact) mass is 294 g/mol. The molecule has 0 atom stereocenters. The summed E-state index contributed by atoms with van der Waals surface area (Å²) in [6.45, 7) is 1.62. The minimum absolute atomic E-state index is 0.0569. The van der Waals surface area contributed by atoms with Crippen LogP contribution in [0.3, 0.4) is 0 Å². The molecule has 2 aromatic rings. The van der Waals surface area contributed by atoms with Crippen LogP contribution in [0.4, 0.5) is 19.0 Å². The van der Waals surface area contributed by atoms with Gasteiger partial charge >= 0.3 is 6.18 Å². The Balaban J connectivity index is 2.21. The largest absolute Gasteiger partial charge is 0.417 e. The molecule has 110 valence electrons.